The van der Waals surface area contributed by atoms with Crippen LogP contribution < -0.4 is 17.0 Å². The molecule has 7 nitrogen and oxygen atoms in total. The van der Waals surface area contributed by atoms with E-state index in [-0.39, 0.29) is 11.4 Å². The summed E-state index contributed by atoms with van der Waals surface area (Å²) in [4.78, 5) is 29.1. The summed E-state index contributed by atoms with van der Waals surface area (Å²) in [6.07, 6.45) is 2.29. The highest BCUT2D eigenvalue weighted by Gasteiger charge is 2.19. The van der Waals surface area contributed by atoms with E-state index in [4.69, 9.17) is 10.2 Å². The van der Waals surface area contributed by atoms with Gasteiger partial charge < -0.3 is 10.2 Å². The van der Waals surface area contributed by atoms with Gasteiger partial charge in [-0.15, -0.1) is 11.3 Å². The van der Waals surface area contributed by atoms with Gasteiger partial charge in [-0.3, -0.25) is 13.9 Å². The molecular formula is C15H16N4O3S. The molecule has 0 aliphatic carbocycles. The van der Waals surface area contributed by atoms with E-state index in [2.05, 4.69) is 4.98 Å². The zero-order chi connectivity index (χ0) is 16.6. The number of rotatable bonds is 4. The molecule has 0 amide bonds. The first-order valence-corrected chi connectivity index (χ1v) is 8.01. The molecule has 0 saturated heterocycles. The maximum Gasteiger partial charge on any atom is 0.332 e. The number of nitrogen functional groups attached to an aromatic ring is 1. The molecule has 8 heteroatoms. The summed E-state index contributed by atoms with van der Waals surface area (Å²) in [6, 6.07) is 3.56. The molecule has 0 saturated carbocycles. The Labute approximate surface area is 135 Å². The lowest BCUT2D eigenvalue weighted by atomic mass is 10.2. The van der Waals surface area contributed by atoms with Gasteiger partial charge in [0.05, 0.1) is 12.0 Å². The Morgan fingerprint density at radius 1 is 1.39 bits per heavy atom. The van der Waals surface area contributed by atoms with Gasteiger partial charge >= 0.3 is 5.69 Å². The van der Waals surface area contributed by atoms with Gasteiger partial charge in [-0.2, -0.15) is 0 Å². The highest BCUT2D eigenvalue weighted by atomic mass is 32.1. The lowest BCUT2D eigenvalue weighted by Gasteiger charge is -2.13. The largest absolute Gasteiger partial charge is 0.462 e. The topological polar surface area (TPSA) is 96.1 Å². The minimum atomic E-state index is -0.448. The summed E-state index contributed by atoms with van der Waals surface area (Å²) >= 11 is 1.35. The number of nitrogens with two attached hydrogens (primary N) is 1. The molecule has 0 unspecified atom stereocenters. The third-order valence-corrected chi connectivity index (χ3v) is 4.38. The number of hydrogen-bond acceptors (Lipinski definition) is 6. The number of anilines is 1. The highest BCUT2D eigenvalue weighted by molar-refractivity contribution is 7.13. The van der Waals surface area contributed by atoms with E-state index in [1.807, 2.05) is 6.92 Å². The standard InChI is InChI=1S/C15H16N4O3S/c1-3-6-19-12(16)11(14(20)18(2)15(19)21)9-8-23-13(17-9)10-5-4-7-22-10/h4-5,7-8H,3,6,16H2,1-2H3. The SMILES string of the molecule is CCCn1c(N)c(-c2csc(-c3ccco3)n2)c(=O)n(C)c1=O. The Hall–Kier alpha value is -2.61. The van der Waals surface area contributed by atoms with Crippen LogP contribution in [0.2, 0.25) is 0 Å². The van der Waals surface area contributed by atoms with E-state index >= 15 is 0 Å². The van der Waals surface area contributed by atoms with Gasteiger partial charge in [0, 0.05) is 19.0 Å². The molecule has 2 N–H and O–H groups in total. The Morgan fingerprint density at radius 3 is 2.83 bits per heavy atom. The van der Waals surface area contributed by atoms with Crippen molar-refractivity contribution in [2.24, 2.45) is 7.05 Å². The van der Waals surface area contributed by atoms with Crippen molar-refractivity contribution < 1.29 is 4.42 Å². The minimum absolute atomic E-state index is 0.149. The number of hydrogen-bond donors (Lipinski definition) is 1. The summed E-state index contributed by atoms with van der Waals surface area (Å²) < 4.78 is 7.78. The Kier molecular flexibility index (Phi) is 3.91. The highest BCUT2D eigenvalue weighted by Crippen LogP contribution is 2.29. The smallest absolute Gasteiger partial charge is 0.332 e. The molecule has 0 aliphatic rings. The summed E-state index contributed by atoms with van der Waals surface area (Å²) in [5.74, 6) is 0.773. The summed E-state index contributed by atoms with van der Waals surface area (Å²) in [6.45, 7) is 2.38. The second-order valence-corrected chi connectivity index (χ2v) is 5.93. The summed E-state index contributed by atoms with van der Waals surface area (Å²) in [5, 5.41) is 2.39. The predicted octanol–water partition coefficient (Wildman–Crippen LogP) is 1.92. The third kappa shape index (κ3) is 2.50. The number of furan rings is 1. The molecule has 0 radical (unpaired) electrons. The van der Waals surface area contributed by atoms with E-state index in [9.17, 15) is 9.59 Å². The van der Waals surface area contributed by atoms with Crippen LogP contribution >= 0.6 is 11.3 Å². The van der Waals surface area contributed by atoms with Gasteiger partial charge in [0.1, 0.15) is 11.4 Å². The zero-order valence-corrected chi connectivity index (χ0v) is 13.6. The van der Waals surface area contributed by atoms with Crippen LogP contribution in [-0.2, 0) is 13.6 Å². The normalized spacial score (nSPS) is 11.0. The number of thiazole rings is 1. The monoisotopic (exact) mass is 332 g/mol. The van der Waals surface area contributed by atoms with Crippen LogP contribution in [0.1, 0.15) is 13.3 Å². The lowest BCUT2D eigenvalue weighted by Crippen LogP contribution is -2.40. The summed E-state index contributed by atoms with van der Waals surface area (Å²) in [5.41, 5.74) is 5.92. The fourth-order valence-electron chi connectivity index (χ4n) is 2.37. The quantitative estimate of drug-likeness (QED) is 0.787. The molecule has 3 heterocycles. The van der Waals surface area contributed by atoms with Crippen molar-refractivity contribution in [3.63, 3.8) is 0 Å². The van der Waals surface area contributed by atoms with Crippen LogP contribution in [0, 0.1) is 0 Å². The van der Waals surface area contributed by atoms with Crippen molar-refractivity contribution in [3.8, 4) is 22.0 Å². The molecule has 23 heavy (non-hydrogen) atoms. The van der Waals surface area contributed by atoms with Gasteiger partial charge in [-0.25, -0.2) is 9.78 Å². The van der Waals surface area contributed by atoms with Crippen molar-refractivity contribution in [1.82, 2.24) is 14.1 Å². The molecule has 0 bridgehead atoms. The predicted molar refractivity (Wildman–Crippen MR) is 89.5 cm³/mol. The van der Waals surface area contributed by atoms with Crippen LogP contribution in [0.25, 0.3) is 22.0 Å². The lowest BCUT2D eigenvalue weighted by molar-refractivity contribution is 0.582. The fraction of sp³-hybridized carbons (Fsp3) is 0.267. The van der Waals surface area contributed by atoms with Gasteiger partial charge in [-0.05, 0) is 18.6 Å². The van der Waals surface area contributed by atoms with Crippen molar-refractivity contribution in [2.45, 2.75) is 19.9 Å². The minimum Gasteiger partial charge on any atom is -0.462 e. The number of nitrogens with zero attached hydrogens (tertiary/aromatic N) is 3. The van der Waals surface area contributed by atoms with Crippen LogP contribution in [0.5, 0.6) is 0 Å². The molecule has 0 fully saturated rings. The molecule has 0 aliphatic heterocycles. The second-order valence-electron chi connectivity index (χ2n) is 5.07. The third-order valence-electron chi connectivity index (χ3n) is 3.52. The van der Waals surface area contributed by atoms with Crippen LogP contribution in [0.3, 0.4) is 0 Å². The average Bonchev–Trinajstić information content (AvgIpc) is 3.20. The zero-order valence-electron chi connectivity index (χ0n) is 12.8. The molecular weight excluding hydrogens is 316 g/mol. The summed E-state index contributed by atoms with van der Waals surface area (Å²) in [7, 11) is 1.44. The van der Waals surface area contributed by atoms with Crippen molar-refractivity contribution in [2.75, 3.05) is 5.73 Å². The van der Waals surface area contributed by atoms with Gasteiger partial charge in [0.15, 0.2) is 10.8 Å². The van der Waals surface area contributed by atoms with E-state index < -0.39 is 11.2 Å². The Balaban J connectivity index is 2.21. The van der Waals surface area contributed by atoms with Crippen molar-refractivity contribution in [3.05, 3.63) is 44.6 Å². The van der Waals surface area contributed by atoms with E-state index in [0.29, 0.717) is 23.0 Å². The Morgan fingerprint density at radius 2 is 2.17 bits per heavy atom. The Bertz CT molecular complexity index is 950. The van der Waals surface area contributed by atoms with Crippen LogP contribution in [0.4, 0.5) is 5.82 Å². The van der Waals surface area contributed by atoms with Gasteiger partial charge in [0.2, 0.25) is 0 Å². The maximum absolute atomic E-state index is 12.5. The first-order valence-electron chi connectivity index (χ1n) is 7.13. The molecule has 3 aromatic rings. The van der Waals surface area contributed by atoms with Crippen LogP contribution in [0.15, 0.2) is 37.8 Å². The second kappa shape index (κ2) is 5.88. The molecule has 3 rings (SSSR count). The molecule has 0 spiro atoms. The van der Waals surface area contributed by atoms with Crippen LogP contribution in [-0.4, -0.2) is 14.1 Å². The van der Waals surface area contributed by atoms with E-state index in [1.165, 1.54) is 23.0 Å². The first-order chi connectivity index (χ1) is 11.0. The first kappa shape index (κ1) is 15.3. The maximum atomic E-state index is 12.5. The molecule has 3 aromatic heterocycles. The van der Waals surface area contributed by atoms with E-state index in [1.54, 1.807) is 23.8 Å². The van der Waals surface area contributed by atoms with Crippen molar-refractivity contribution in [1.29, 1.82) is 0 Å². The van der Waals surface area contributed by atoms with Crippen molar-refractivity contribution >= 4 is 17.2 Å². The molecule has 120 valence electrons. The fourth-order valence-corrected chi connectivity index (χ4v) is 3.14. The molecule has 0 aromatic carbocycles. The molecule has 0 atom stereocenters. The van der Waals surface area contributed by atoms with Gasteiger partial charge in [-0.1, -0.05) is 6.92 Å². The number of aromatic nitrogens is 3. The average molecular weight is 332 g/mol. The van der Waals surface area contributed by atoms with E-state index in [0.717, 1.165) is 11.0 Å². The van der Waals surface area contributed by atoms with Gasteiger partial charge in [0.25, 0.3) is 5.56 Å².